The zero-order valence-corrected chi connectivity index (χ0v) is 13.4. The number of rotatable bonds is 2. The molecule has 3 rings (SSSR count). The summed E-state index contributed by atoms with van der Waals surface area (Å²) in [5, 5.41) is 11.5. The van der Waals surface area contributed by atoms with Gasteiger partial charge in [-0.3, -0.25) is 5.32 Å². The average Bonchev–Trinajstić information content (AvgIpc) is 2.91. The summed E-state index contributed by atoms with van der Waals surface area (Å²) < 4.78 is 1.87. The van der Waals surface area contributed by atoms with Crippen molar-refractivity contribution in [2.75, 3.05) is 5.32 Å². The SMILES string of the molecule is Cc1sc2nc(NC(=S)NC3CCCCC3)nn2c1C. The van der Waals surface area contributed by atoms with Crippen molar-refractivity contribution in [3.63, 3.8) is 0 Å². The highest BCUT2D eigenvalue weighted by molar-refractivity contribution is 7.80. The van der Waals surface area contributed by atoms with Gasteiger partial charge in [0, 0.05) is 10.9 Å². The lowest BCUT2D eigenvalue weighted by molar-refractivity contribution is 0.414. The van der Waals surface area contributed by atoms with E-state index in [1.807, 2.05) is 4.52 Å². The Morgan fingerprint density at radius 1 is 1.30 bits per heavy atom. The summed E-state index contributed by atoms with van der Waals surface area (Å²) in [6.07, 6.45) is 6.32. The van der Waals surface area contributed by atoms with Gasteiger partial charge in [-0.25, -0.2) is 4.52 Å². The molecule has 7 heteroatoms. The number of thiocarbonyl (C=S) groups is 1. The zero-order chi connectivity index (χ0) is 14.1. The van der Waals surface area contributed by atoms with Gasteiger partial charge in [0.2, 0.25) is 10.9 Å². The molecule has 0 aromatic carbocycles. The van der Waals surface area contributed by atoms with Crippen molar-refractivity contribution in [1.29, 1.82) is 0 Å². The monoisotopic (exact) mass is 309 g/mol. The Bertz CT molecular complexity index is 624. The van der Waals surface area contributed by atoms with Gasteiger partial charge in [0.1, 0.15) is 0 Å². The van der Waals surface area contributed by atoms with Crippen LogP contribution in [0.2, 0.25) is 0 Å². The van der Waals surface area contributed by atoms with Crippen molar-refractivity contribution < 1.29 is 0 Å². The molecule has 2 aromatic rings. The van der Waals surface area contributed by atoms with Crippen molar-refractivity contribution in [3.05, 3.63) is 10.6 Å². The molecule has 1 fully saturated rings. The number of anilines is 1. The van der Waals surface area contributed by atoms with E-state index in [1.54, 1.807) is 11.3 Å². The highest BCUT2D eigenvalue weighted by Gasteiger charge is 2.15. The maximum Gasteiger partial charge on any atom is 0.250 e. The summed E-state index contributed by atoms with van der Waals surface area (Å²) in [4.78, 5) is 6.61. The average molecular weight is 309 g/mol. The van der Waals surface area contributed by atoms with Gasteiger partial charge in [0.15, 0.2) is 5.11 Å². The second kappa shape index (κ2) is 5.65. The van der Waals surface area contributed by atoms with Crippen LogP contribution in [0, 0.1) is 13.8 Å². The number of fused-ring (bicyclic) bond motifs is 1. The molecule has 1 aliphatic rings. The van der Waals surface area contributed by atoms with Crippen molar-refractivity contribution in [2.24, 2.45) is 0 Å². The van der Waals surface area contributed by atoms with Crippen LogP contribution in [0.25, 0.3) is 4.96 Å². The first-order valence-electron chi connectivity index (χ1n) is 7.04. The molecule has 0 radical (unpaired) electrons. The summed E-state index contributed by atoms with van der Waals surface area (Å²) in [5.41, 5.74) is 1.14. The zero-order valence-electron chi connectivity index (χ0n) is 11.8. The van der Waals surface area contributed by atoms with Crippen LogP contribution in [-0.2, 0) is 0 Å². The van der Waals surface area contributed by atoms with Crippen LogP contribution in [0.4, 0.5) is 5.95 Å². The van der Waals surface area contributed by atoms with E-state index in [0.29, 0.717) is 17.1 Å². The molecule has 0 aliphatic heterocycles. The fourth-order valence-corrected chi connectivity index (χ4v) is 3.73. The smallest absolute Gasteiger partial charge is 0.250 e. The fraction of sp³-hybridized carbons (Fsp3) is 0.615. The number of nitrogens with one attached hydrogen (secondary N) is 2. The summed E-state index contributed by atoms with van der Waals surface area (Å²) >= 11 is 6.99. The molecule has 5 nitrogen and oxygen atoms in total. The quantitative estimate of drug-likeness (QED) is 0.835. The molecule has 0 atom stereocenters. The lowest BCUT2D eigenvalue weighted by Gasteiger charge is -2.23. The molecule has 1 saturated carbocycles. The third kappa shape index (κ3) is 2.78. The first kappa shape index (κ1) is 13.8. The highest BCUT2D eigenvalue weighted by atomic mass is 32.1. The van der Waals surface area contributed by atoms with Gasteiger partial charge in [-0.2, -0.15) is 4.98 Å². The van der Waals surface area contributed by atoms with Gasteiger partial charge in [-0.05, 0) is 38.9 Å². The largest absolute Gasteiger partial charge is 0.360 e. The molecule has 108 valence electrons. The van der Waals surface area contributed by atoms with Gasteiger partial charge in [0.05, 0.1) is 5.69 Å². The summed E-state index contributed by atoms with van der Waals surface area (Å²) in [7, 11) is 0. The third-order valence-corrected chi connectivity index (χ3v) is 5.08. The minimum atomic E-state index is 0.497. The van der Waals surface area contributed by atoms with Crippen molar-refractivity contribution in [1.82, 2.24) is 19.9 Å². The summed E-state index contributed by atoms with van der Waals surface area (Å²) in [5.74, 6) is 0.577. The van der Waals surface area contributed by atoms with E-state index in [0.717, 1.165) is 10.7 Å². The Balaban J connectivity index is 1.64. The molecule has 0 saturated heterocycles. The Morgan fingerprint density at radius 2 is 2.05 bits per heavy atom. The summed E-state index contributed by atoms with van der Waals surface area (Å²) in [6.45, 7) is 4.13. The minimum absolute atomic E-state index is 0.497. The number of hydrogen-bond donors (Lipinski definition) is 2. The normalized spacial score (nSPS) is 16.5. The van der Waals surface area contributed by atoms with E-state index in [-0.39, 0.29) is 0 Å². The van der Waals surface area contributed by atoms with Gasteiger partial charge >= 0.3 is 0 Å². The van der Waals surface area contributed by atoms with Crippen LogP contribution in [0.15, 0.2) is 0 Å². The van der Waals surface area contributed by atoms with E-state index in [1.165, 1.54) is 37.0 Å². The van der Waals surface area contributed by atoms with Crippen molar-refractivity contribution >= 4 is 39.6 Å². The predicted molar refractivity (Wildman–Crippen MR) is 86.6 cm³/mol. The molecule has 0 bridgehead atoms. The van der Waals surface area contributed by atoms with Crippen molar-refractivity contribution in [2.45, 2.75) is 52.0 Å². The van der Waals surface area contributed by atoms with Gasteiger partial charge < -0.3 is 5.32 Å². The second-order valence-corrected chi connectivity index (χ2v) is 6.90. The highest BCUT2D eigenvalue weighted by Crippen LogP contribution is 2.21. The molecule has 0 amide bonds. The van der Waals surface area contributed by atoms with E-state index >= 15 is 0 Å². The number of nitrogens with zero attached hydrogens (tertiary/aromatic N) is 3. The molecular weight excluding hydrogens is 290 g/mol. The molecule has 20 heavy (non-hydrogen) atoms. The Morgan fingerprint density at radius 3 is 2.75 bits per heavy atom. The molecule has 0 spiro atoms. The molecule has 2 aromatic heterocycles. The van der Waals surface area contributed by atoms with Crippen LogP contribution >= 0.6 is 23.6 Å². The van der Waals surface area contributed by atoms with Crippen LogP contribution in [0.5, 0.6) is 0 Å². The molecule has 2 N–H and O–H groups in total. The third-order valence-electron chi connectivity index (χ3n) is 3.81. The second-order valence-electron chi connectivity index (χ2n) is 5.31. The van der Waals surface area contributed by atoms with E-state index in [4.69, 9.17) is 12.2 Å². The number of aromatic nitrogens is 3. The van der Waals surface area contributed by atoms with Crippen LogP contribution in [-0.4, -0.2) is 25.8 Å². The van der Waals surface area contributed by atoms with Crippen LogP contribution in [0.1, 0.15) is 42.7 Å². The van der Waals surface area contributed by atoms with Crippen molar-refractivity contribution in [3.8, 4) is 0 Å². The van der Waals surface area contributed by atoms with E-state index in [9.17, 15) is 0 Å². The first-order valence-corrected chi connectivity index (χ1v) is 8.26. The van der Waals surface area contributed by atoms with Gasteiger partial charge in [-0.1, -0.05) is 30.6 Å². The molecular formula is C13H19N5S2. The van der Waals surface area contributed by atoms with Gasteiger partial charge in [0.25, 0.3) is 0 Å². The molecule has 2 heterocycles. The van der Waals surface area contributed by atoms with Crippen LogP contribution in [0.3, 0.4) is 0 Å². The predicted octanol–water partition coefficient (Wildman–Crippen LogP) is 3.03. The standard InChI is InChI=1S/C13H19N5S2/c1-8-9(2)20-13-16-11(17-18(8)13)15-12(19)14-10-6-4-3-5-7-10/h10H,3-7H2,1-2H3,(H2,14,15,17,19). The number of aryl methyl sites for hydroxylation is 2. The van der Waals surface area contributed by atoms with Crippen LogP contribution < -0.4 is 10.6 Å². The fourth-order valence-electron chi connectivity index (χ4n) is 2.57. The Hall–Kier alpha value is -1.21. The Labute approximate surface area is 127 Å². The number of thiazole rings is 1. The lowest BCUT2D eigenvalue weighted by atomic mass is 9.96. The minimum Gasteiger partial charge on any atom is -0.360 e. The van der Waals surface area contributed by atoms with E-state index < -0.39 is 0 Å². The summed E-state index contributed by atoms with van der Waals surface area (Å²) in [6, 6.07) is 0.497. The molecule has 0 unspecified atom stereocenters. The lowest BCUT2D eigenvalue weighted by Crippen LogP contribution is -2.39. The maximum atomic E-state index is 5.35. The number of hydrogen-bond acceptors (Lipinski definition) is 4. The maximum absolute atomic E-state index is 5.35. The van der Waals surface area contributed by atoms with E-state index in [2.05, 4.69) is 34.6 Å². The topological polar surface area (TPSA) is 54.2 Å². The molecule has 1 aliphatic carbocycles. The first-order chi connectivity index (χ1) is 9.63. The van der Waals surface area contributed by atoms with Gasteiger partial charge in [-0.15, -0.1) is 5.10 Å². The Kier molecular flexibility index (Phi) is 3.89.